The van der Waals surface area contributed by atoms with Crippen molar-refractivity contribution in [1.82, 2.24) is 24.9 Å². The molecule has 0 saturated carbocycles. The zero-order valence-electron chi connectivity index (χ0n) is 37.5. The molecule has 8 bridgehead atoms. The molecule has 0 saturated heterocycles. The zero-order valence-corrected chi connectivity index (χ0v) is 37.5. The second kappa shape index (κ2) is 24.3. The fraction of sp³-hybridized carbons (Fsp3) is 0.436. The van der Waals surface area contributed by atoms with Crippen LogP contribution in [-0.4, -0.2) is 38.1 Å². The van der Waals surface area contributed by atoms with Gasteiger partial charge in [0.05, 0.1) is 36.0 Å². The number of aromatic nitrogens is 5. The number of rotatable bonds is 26. The van der Waals surface area contributed by atoms with Crippen molar-refractivity contribution >= 4 is 46.4 Å². The van der Waals surface area contributed by atoms with Crippen LogP contribution in [0.5, 0.6) is 11.5 Å². The third-order valence-corrected chi connectivity index (χ3v) is 12.1. The Morgan fingerprint density at radius 1 is 0.452 bits per heavy atom. The predicted octanol–water partition coefficient (Wildman–Crippen LogP) is 16.0. The first-order valence-electron chi connectivity index (χ1n) is 24.1. The first-order chi connectivity index (χ1) is 30.7. The fourth-order valence-electron chi connectivity index (χ4n) is 8.63. The number of ether oxygens (including phenoxy) is 2. The second-order valence-electron chi connectivity index (χ2n) is 17.2. The summed E-state index contributed by atoms with van der Waals surface area (Å²) in [4.78, 5) is 22.1. The molecule has 0 unspecified atom stereocenters. The van der Waals surface area contributed by atoms with Gasteiger partial charge in [0.2, 0.25) is 0 Å². The molecule has 2 aliphatic heterocycles. The maximum atomic E-state index is 6.54. The molecule has 62 heavy (non-hydrogen) atoms. The molecule has 1 aromatic carbocycles. The average Bonchev–Trinajstić information content (AvgIpc) is 4.13. The Morgan fingerprint density at radius 3 is 1.35 bits per heavy atom. The monoisotopic (exact) mass is 832 g/mol. The fourth-order valence-corrected chi connectivity index (χ4v) is 8.63. The number of fused-ring (bicyclic) bond motifs is 8. The van der Waals surface area contributed by atoms with E-state index >= 15 is 0 Å². The highest BCUT2D eigenvalue weighted by atomic mass is 16.5. The maximum absolute atomic E-state index is 6.54. The van der Waals surface area contributed by atoms with Crippen molar-refractivity contribution in [3.05, 3.63) is 102 Å². The normalized spacial score (nSPS) is 12.0. The molecular weight excluding hydrogens is 763 g/mol. The summed E-state index contributed by atoms with van der Waals surface area (Å²) in [5.74, 6) is 1.67. The van der Waals surface area contributed by atoms with E-state index in [2.05, 4.69) is 114 Å². The van der Waals surface area contributed by atoms with E-state index in [0.717, 1.165) is 91.4 Å². The highest BCUT2D eigenvalue weighted by molar-refractivity contribution is 5.93. The Morgan fingerprint density at radius 2 is 0.903 bits per heavy atom. The molecule has 2 aliphatic rings. The molecule has 326 valence electrons. The van der Waals surface area contributed by atoms with Crippen LogP contribution in [0.3, 0.4) is 0 Å². The summed E-state index contributed by atoms with van der Waals surface area (Å²) in [6.07, 6.45) is 38.0. The van der Waals surface area contributed by atoms with Gasteiger partial charge in [0.1, 0.15) is 11.5 Å². The minimum absolute atomic E-state index is 0.690. The number of H-pyrrole nitrogens is 2. The molecule has 5 aromatic rings. The molecule has 0 radical (unpaired) electrons. The number of aromatic amines is 2. The smallest absolute Gasteiger partial charge is 0.123 e. The number of nitrogens with one attached hydrogen (secondary N) is 2. The van der Waals surface area contributed by atoms with E-state index in [1.54, 1.807) is 6.20 Å². The number of hydrogen-bond acceptors (Lipinski definition) is 5. The molecule has 7 nitrogen and oxygen atoms in total. The summed E-state index contributed by atoms with van der Waals surface area (Å²) in [6, 6.07) is 23.1. The highest BCUT2D eigenvalue weighted by Gasteiger charge is 2.16. The minimum Gasteiger partial charge on any atom is -0.493 e. The largest absolute Gasteiger partial charge is 0.493 e. The van der Waals surface area contributed by atoms with Crippen LogP contribution in [0.25, 0.3) is 68.6 Å². The van der Waals surface area contributed by atoms with Gasteiger partial charge in [-0.3, -0.25) is 4.98 Å². The third kappa shape index (κ3) is 13.3. The molecule has 4 aromatic heterocycles. The Bertz CT molecular complexity index is 2330. The molecular formula is C55H69N5O2. The summed E-state index contributed by atoms with van der Waals surface area (Å²) in [6.45, 7) is 5.95. The van der Waals surface area contributed by atoms with Gasteiger partial charge in [0.25, 0.3) is 0 Å². The number of pyridine rings is 1. The van der Waals surface area contributed by atoms with E-state index in [9.17, 15) is 0 Å². The second-order valence-corrected chi connectivity index (χ2v) is 17.2. The number of nitrogens with zero attached hydrogens (tertiary/aromatic N) is 3. The summed E-state index contributed by atoms with van der Waals surface area (Å²) in [5, 5.41) is 0. The van der Waals surface area contributed by atoms with Crippen LogP contribution < -0.4 is 9.47 Å². The lowest BCUT2D eigenvalue weighted by atomic mass is 10.0. The standard InChI is InChI=1S/C55H69N5O2/c1-3-5-7-9-11-13-15-17-19-21-34-61-48-36-43(37-49(40-48)62-35-22-20-18-16-14-12-10-8-6-4-2)55-52-31-27-46(59-52)38-44-25-29-50(57-44)54(42-24-23-33-56-41-42)51-30-26-45(58-51)39-47-28-32-53(55)60-47/h23-33,36-41,57,60H,3-22,34-35H2,1-2H3. The molecule has 0 spiro atoms. The predicted molar refractivity (Wildman–Crippen MR) is 262 cm³/mol. The number of unbranched alkanes of at least 4 members (excludes halogenated alkanes) is 18. The van der Waals surface area contributed by atoms with Gasteiger partial charge in [-0.1, -0.05) is 135 Å². The van der Waals surface area contributed by atoms with E-state index in [1.807, 2.05) is 12.3 Å². The van der Waals surface area contributed by atoms with Gasteiger partial charge >= 0.3 is 0 Å². The summed E-state index contributed by atoms with van der Waals surface area (Å²) >= 11 is 0. The first-order valence-corrected chi connectivity index (χ1v) is 24.1. The van der Waals surface area contributed by atoms with Gasteiger partial charge in [-0.2, -0.15) is 0 Å². The summed E-state index contributed by atoms with van der Waals surface area (Å²) in [7, 11) is 0. The Balaban J connectivity index is 1.15. The maximum Gasteiger partial charge on any atom is 0.123 e. The van der Waals surface area contributed by atoms with Gasteiger partial charge < -0.3 is 19.4 Å². The van der Waals surface area contributed by atoms with Crippen molar-refractivity contribution in [3.63, 3.8) is 0 Å². The van der Waals surface area contributed by atoms with Crippen molar-refractivity contribution in [2.24, 2.45) is 0 Å². The number of benzene rings is 1. The minimum atomic E-state index is 0.690. The molecule has 7 heteroatoms. The Hall–Kier alpha value is -5.43. The van der Waals surface area contributed by atoms with Crippen molar-refractivity contribution in [2.75, 3.05) is 13.2 Å². The molecule has 6 heterocycles. The third-order valence-electron chi connectivity index (χ3n) is 12.1. The zero-order chi connectivity index (χ0) is 42.6. The Labute approximate surface area is 370 Å². The van der Waals surface area contributed by atoms with Gasteiger partial charge in [0.15, 0.2) is 0 Å². The van der Waals surface area contributed by atoms with E-state index in [0.29, 0.717) is 13.2 Å². The van der Waals surface area contributed by atoms with Gasteiger partial charge in [-0.15, -0.1) is 0 Å². The van der Waals surface area contributed by atoms with Crippen LogP contribution in [0.2, 0.25) is 0 Å². The van der Waals surface area contributed by atoms with Gasteiger partial charge in [0, 0.05) is 57.2 Å². The van der Waals surface area contributed by atoms with Crippen LogP contribution in [0.15, 0.2) is 79.1 Å². The van der Waals surface area contributed by atoms with Crippen molar-refractivity contribution in [3.8, 4) is 33.8 Å². The first kappa shape index (κ1) is 44.6. The molecule has 7 rings (SSSR count). The van der Waals surface area contributed by atoms with E-state index in [4.69, 9.17) is 19.4 Å². The lowest BCUT2D eigenvalue weighted by molar-refractivity contribution is 0.290. The SMILES string of the molecule is CCCCCCCCCCCCOc1cc(OCCCCCCCCCCCC)cc(-c2c3nc(cc4ccc([nH]4)c(-c4cccnc4)c4nc(cc5ccc2[nH]5)C=C4)C=C3)c1. The lowest BCUT2D eigenvalue weighted by Gasteiger charge is -2.14. The summed E-state index contributed by atoms with van der Waals surface area (Å²) < 4.78 is 13.1. The van der Waals surface area contributed by atoms with Crippen molar-refractivity contribution in [1.29, 1.82) is 0 Å². The molecule has 0 atom stereocenters. The summed E-state index contributed by atoms with van der Waals surface area (Å²) in [5.41, 5.74) is 11.4. The van der Waals surface area contributed by atoms with Crippen LogP contribution in [0.1, 0.15) is 165 Å². The highest BCUT2D eigenvalue weighted by Crippen LogP contribution is 2.36. The molecule has 0 amide bonds. The molecule has 0 fully saturated rings. The topological polar surface area (TPSA) is 88.7 Å². The van der Waals surface area contributed by atoms with Crippen molar-refractivity contribution in [2.45, 2.75) is 142 Å². The molecule has 0 aliphatic carbocycles. The van der Waals surface area contributed by atoms with E-state index in [-0.39, 0.29) is 0 Å². The molecule has 2 N–H and O–H groups in total. The Kier molecular flexibility index (Phi) is 17.5. The van der Waals surface area contributed by atoms with Crippen molar-refractivity contribution < 1.29 is 9.47 Å². The lowest BCUT2D eigenvalue weighted by Crippen LogP contribution is -2.01. The van der Waals surface area contributed by atoms with Crippen LogP contribution >= 0.6 is 0 Å². The van der Waals surface area contributed by atoms with E-state index in [1.165, 1.54) is 116 Å². The van der Waals surface area contributed by atoms with Crippen LogP contribution in [0.4, 0.5) is 0 Å². The van der Waals surface area contributed by atoms with Crippen LogP contribution in [-0.2, 0) is 0 Å². The number of hydrogen-bond donors (Lipinski definition) is 2. The van der Waals surface area contributed by atoms with E-state index < -0.39 is 0 Å². The van der Waals surface area contributed by atoms with Gasteiger partial charge in [-0.25, -0.2) is 9.97 Å². The van der Waals surface area contributed by atoms with Gasteiger partial charge in [-0.05, 0) is 97.3 Å². The van der Waals surface area contributed by atoms with Crippen LogP contribution in [0, 0.1) is 0 Å². The quantitative estimate of drug-likeness (QED) is 0.0531. The average molecular weight is 832 g/mol.